The van der Waals surface area contributed by atoms with Crippen LogP contribution >= 0.6 is 0 Å². The second-order valence-corrected chi connectivity index (χ2v) is 5.78. The fourth-order valence-electron chi connectivity index (χ4n) is 1.71. The largest absolute Gasteiger partial charge is 0.306 e. The SMILES string of the molecule is Cc1cccc(Cn2cc(CNC(C)(C)C)nn2)n1. The molecule has 0 aromatic carbocycles. The predicted octanol–water partition coefficient (Wildman–Crippen LogP) is 1.92. The summed E-state index contributed by atoms with van der Waals surface area (Å²) >= 11 is 0. The van der Waals surface area contributed by atoms with Crippen LogP contribution in [-0.4, -0.2) is 25.5 Å². The second-order valence-electron chi connectivity index (χ2n) is 5.78. The molecule has 19 heavy (non-hydrogen) atoms. The summed E-state index contributed by atoms with van der Waals surface area (Å²) in [6.45, 7) is 9.77. The average molecular weight is 259 g/mol. The molecular formula is C14H21N5. The second kappa shape index (κ2) is 5.48. The fourth-order valence-corrected chi connectivity index (χ4v) is 1.71. The van der Waals surface area contributed by atoms with Gasteiger partial charge in [0.1, 0.15) is 0 Å². The Kier molecular flexibility index (Phi) is 3.95. The first-order valence-electron chi connectivity index (χ1n) is 6.49. The normalized spacial score (nSPS) is 11.8. The first kappa shape index (κ1) is 13.7. The zero-order valence-corrected chi connectivity index (χ0v) is 12.0. The lowest BCUT2D eigenvalue weighted by molar-refractivity contribution is 0.421. The van der Waals surface area contributed by atoms with E-state index in [1.54, 1.807) is 0 Å². The number of rotatable bonds is 4. The molecule has 0 fully saturated rings. The maximum atomic E-state index is 4.46. The Morgan fingerprint density at radius 2 is 2.00 bits per heavy atom. The molecule has 0 unspecified atom stereocenters. The third-order valence-electron chi connectivity index (χ3n) is 2.66. The molecule has 0 spiro atoms. The summed E-state index contributed by atoms with van der Waals surface area (Å²) in [4.78, 5) is 4.46. The Hall–Kier alpha value is -1.75. The van der Waals surface area contributed by atoms with Crippen LogP contribution in [-0.2, 0) is 13.1 Å². The molecule has 2 heterocycles. The molecule has 1 N–H and O–H groups in total. The summed E-state index contributed by atoms with van der Waals surface area (Å²) in [7, 11) is 0. The number of nitrogens with zero attached hydrogens (tertiary/aromatic N) is 4. The van der Waals surface area contributed by atoms with E-state index in [2.05, 4.69) is 41.4 Å². The van der Waals surface area contributed by atoms with E-state index in [1.807, 2.05) is 36.0 Å². The van der Waals surface area contributed by atoms with Crippen molar-refractivity contribution in [3.63, 3.8) is 0 Å². The van der Waals surface area contributed by atoms with E-state index in [-0.39, 0.29) is 5.54 Å². The van der Waals surface area contributed by atoms with Gasteiger partial charge in [-0.05, 0) is 39.8 Å². The number of nitrogens with one attached hydrogen (secondary N) is 1. The van der Waals surface area contributed by atoms with Crippen LogP contribution in [0.25, 0.3) is 0 Å². The van der Waals surface area contributed by atoms with E-state index in [9.17, 15) is 0 Å². The van der Waals surface area contributed by atoms with Gasteiger partial charge in [-0.3, -0.25) is 4.98 Å². The molecule has 0 bridgehead atoms. The van der Waals surface area contributed by atoms with Crippen LogP contribution in [0.1, 0.15) is 37.9 Å². The molecule has 5 nitrogen and oxygen atoms in total. The Morgan fingerprint density at radius 3 is 2.68 bits per heavy atom. The molecule has 102 valence electrons. The van der Waals surface area contributed by atoms with Crippen molar-refractivity contribution in [3.8, 4) is 0 Å². The Morgan fingerprint density at radius 1 is 1.21 bits per heavy atom. The van der Waals surface area contributed by atoms with Crippen molar-refractivity contribution in [1.29, 1.82) is 0 Å². The van der Waals surface area contributed by atoms with Crippen molar-refractivity contribution in [3.05, 3.63) is 41.5 Å². The van der Waals surface area contributed by atoms with Crippen molar-refractivity contribution in [1.82, 2.24) is 25.3 Å². The van der Waals surface area contributed by atoms with E-state index in [4.69, 9.17) is 0 Å². The quantitative estimate of drug-likeness (QED) is 0.911. The van der Waals surface area contributed by atoms with E-state index < -0.39 is 0 Å². The van der Waals surface area contributed by atoms with Crippen LogP contribution in [0, 0.1) is 6.92 Å². The van der Waals surface area contributed by atoms with Gasteiger partial charge >= 0.3 is 0 Å². The monoisotopic (exact) mass is 259 g/mol. The van der Waals surface area contributed by atoms with Gasteiger partial charge in [0.25, 0.3) is 0 Å². The molecule has 2 aromatic heterocycles. The van der Waals surface area contributed by atoms with Gasteiger partial charge in [0.05, 0.1) is 24.1 Å². The lowest BCUT2D eigenvalue weighted by atomic mass is 10.1. The van der Waals surface area contributed by atoms with Gasteiger partial charge in [-0.25, -0.2) is 4.68 Å². The van der Waals surface area contributed by atoms with Gasteiger partial charge in [-0.15, -0.1) is 5.10 Å². The van der Waals surface area contributed by atoms with E-state index in [0.29, 0.717) is 6.54 Å². The smallest absolute Gasteiger partial charge is 0.0965 e. The Labute approximate surface area is 114 Å². The minimum absolute atomic E-state index is 0.0852. The summed E-state index contributed by atoms with van der Waals surface area (Å²) in [5.41, 5.74) is 3.05. The van der Waals surface area contributed by atoms with E-state index in [0.717, 1.165) is 23.6 Å². The molecule has 0 aliphatic carbocycles. The van der Waals surface area contributed by atoms with Gasteiger partial charge < -0.3 is 5.32 Å². The number of aromatic nitrogens is 4. The van der Waals surface area contributed by atoms with Crippen LogP contribution in [0.4, 0.5) is 0 Å². The van der Waals surface area contributed by atoms with Gasteiger partial charge in [-0.1, -0.05) is 11.3 Å². The highest BCUT2D eigenvalue weighted by Crippen LogP contribution is 2.04. The zero-order valence-electron chi connectivity index (χ0n) is 12.0. The summed E-state index contributed by atoms with van der Waals surface area (Å²) in [6.07, 6.45) is 1.96. The minimum atomic E-state index is 0.0852. The molecule has 0 atom stereocenters. The summed E-state index contributed by atoms with van der Waals surface area (Å²) < 4.78 is 1.82. The van der Waals surface area contributed by atoms with Crippen LogP contribution in [0.2, 0.25) is 0 Å². The van der Waals surface area contributed by atoms with Gasteiger partial charge in [0.2, 0.25) is 0 Å². The Bertz CT molecular complexity index is 539. The molecule has 0 aliphatic heterocycles. The number of hydrogen-bond donors (Lipinski definition) is 1. The zero-order chi connectivity index (χ0) is 13.9. The van der Waals surface area contributed by atoms with Crippen LogP contribution in [0.5, 0.6) is 0 Å². The first-order valence-corrected chi connectivity index (χ1v) is 6.49. The molecule has 0 amide bonds. The predicted molar refractivity (Wildman–Crippen MR) is 74.7 cm³/mol. The van der Waals surface area contributed by atoms with Gasteiger partial charge in [0, 0.05) is 17.8 Å². The summed E-state index contributed by atoms with van der Waals surface area (Å²) in [5.74, 6) is 0. The summed E-state index contributed by atoms with van der Waals surface area (Å²) in [5, 5.41) is 11.7. The molecular weight excluding hydrogens is 238 g/mol. The number of aryl methyl sites for hydroxylation is 1. The highest BCUT2D eigenvalue weighted by atomic mass is 15.4. The lowest BCUT2D eigenvalue weighted by Gasteiger charge is -2.19. The van der Waals surface area contributed by atoms with Crippen molar-refractivity contribution < 1.29 is 0 Å². The topological polar surface area (TPSA) is 55.6 Å². The summed E-state index contributed by atoms with van der Waals surface area (Å²) in [6, 6.07) is 6.00. The molecule has 2 rings (SSSR count). The molecule has 2 aromatic rings. The molecule has 0 aliphatic rings. The lowest BCUT2D eigenvalue weighted by Crippen LogP contribution is -2.35. The third kappa shape index (κ3) is 4.44. The highest BCUT2D eigenvalue weighted by molar-refractivity contribution is 5.10. The van der Waals surface area contributed by atoms with Crippen molar-refractivity contribution in [2.75, 3.05) is 0 Å². The Balaban J connectivity index is 1.97. The number of hydrogen-bond acceptors (Lipinski definition) is 4. The minimum Gasteiger partial charge on any atom is -0.306 e. The molecule has 0 radical (unpaired) electrons. The average Bonchev–Trinajstić information content (AvgIpc) is 2.73. The van der Waals surface area contributed by atoms with Gasteiger partial charge in [0.15, 0.2) is 0 Å². The first-order chi connectivity index (χ1) is 8.92. The third-order valence-corrected chi connectivity index (χ3v) is 2.66. The molecule has 0 saturated heterocycles. The van der Waals surface area contributed by atoms with Crippen molar-refractivity contribution in [2.24, 2.45) is 0 Å². The van der Waals surface area contributed by atoms with Crippen molar-refractivity contribution >= 4 is 0 Å². The van der Waals surface area contributed by atoms with Gasteiger partial charge in [-0.2, -0.15) is 0 Å². The maximum Gasteiger partial charge on any atom is 0.0965 e. The maximum absolute atomic E-state index is 4.46. The molecule has 5 heteroatoms. The van der Waals surface area contributed by atoms with Crippen LogP contribution < -0.4 is 5.32 Å². The van der Waals surface area contributed by atoms with E-state index >= 15 is 0 Å². The fraction of sp³-hybridized carbons (Fsp3) is 0.500. The van der Waals surface area contributed by atoms with Crippen LogP contribution in [0.15, 0.2) is 24.4 Å². The van der Waals surface area contributed by atoms with Crippen LogP contribution in [0.3, 0.4) is 0 Å². The standard InChI is InChI=1S/C14H21N5/c1-11-6-5-7-12(16-11)9-19-10-13(17-18-19)8-15-14(2,3)4/h5-7,10,15H,8-9H2,1-4H3. The number of pyridine rings is 1. The molecule has 0 saturated carbocycles. The van der Waals surface area contributed by atoms with E-state index in [1.165, 1.54) is 0 Å². The highest BCUT2D eigenvalue weighted by Gasteiger charge is 2.10. The van der Waals surface area contributed by atoms with Crippen molar-refractivity contribution in [2.45, 2.75) is 46.3 Å².